The van der Waals surface area contributed by atoms with Crippen molar-refractivity contribution in [2.75, 3.05) is 24.4 Å². The molecule has 0 atom stereocenters. The van der Waals surface area contributed by atoms with Crippen molar-refractivity contribution in [3.63, 3.8) is 0 Å². The molecule has 3 N–H and O–H groups in total. The number of anilines is 3. The SMILES string of the molecule is COc1cc(N)cc(Nc2cccc(SC)c2)c1. The van der Waals surface area contributed by atoms with Gasteiger partial charge in [0.1, 0.15) is 5.75 Å². The van der Waals surface area contributed by atoms with Crippen molar-refractivity contribution in [3.05, 3.63) is 42.5 Å². The molecule has 0 bridgehead atoms. The molecule has 0 aliphatic heterocycles. The van der Waals surface area contributed by atoms with Gasteiger partial charge in [-0.25, -0.2) is 0 Å². The third kappa shape index (κ3) is 3.11. The first-order valence-electron chi connectivity index (χ1n) is 5.57. The molecular formula is C14H16N2OS. The molecule has 0 spiro atoms. The van der Waals surface area contributed by atoms with E-state index in [2.05, 4.69) is 23.7 Å². The summed E-state index contributed by atoms with van der Waals surface area (Å²) in [5.41, 5.74) is 8.46. The Kier molecular flexibility index (Phi) is 3.99. The van der Waals surface area contributed by atoms with Crippen LogP contribution < -0.4 is 15.8 Å². The Hall–Kier alpha value is -1.81. The summed E-state index contributed by atoms with van der Waals surface area (Å²) in [7, 11) is 1.63. The van der Waals surface area contributed by atoms with Crippen LogP contribution in [-0.4, -0.2) is 13.4 Å². The molecule has 0 unspecified atom stereocenters. The second-order valence-corrected chi connectivity index (χ2v) is 4.73. The van der Waals surface area contributed by atoms with E-state index in [9.17, 15) is 0 Å². The van der Waals surface area contributed by atoms with Crippen LogP contribution in [0.25, 0.3) is 0 Å². The number of ether oxygens (including phenoxy) is 1. The molecule has 0 amide bonds. The summed E-state index contributed by atoms with van der Waals surface area (Å²) in [6, 6.07) is 13.8. The zero-order valence-corrected chi connectivity index (χ0v) is 11.3. The van der Waals surface area contributed by atoms with E-state index < -0.39 is 0 Å². The van der Waals surface area contributed by atoms with Crippen LogP contribution in [0.3, 0.4) is 0 Å². The van der Waals surface area contributed by atoms with Crippen molar-refractivity contribution < 1.29 is 4.74 Å². The molecule has 0 aliphatic carbocycles. The van der Waals surface area contributed by atoms with Crippen LogP contribution in [0, 0.1) is 0 Å². The number of thioether (sulfide) groups is 1. The minimum absolute atomic E-state index is 0.679. The monoisotopic (exact) mass is 260 g/mol. The molecule has 2 aromatic rings. The fraction of sp³-hybridized carbons (Fsp3) is 0.143. The Balaban J connectivity index is 2.24. The fourth-order valence-corrected chi connectivity index (χ4v) is 2.14. The molecule has 0 aliphatic rings. The molecule has 3 nitrogen and oxygen atoms in total. The maximum Gasteiger partial charge on any atom is 0.122 e. The molecule has 2 rings (SSSR count). The van der Waals surface area contributed by atoms with E-state index in [0.717, 1.165) is 17.1 Å². The lowest BCUT2D eigenvalue weighted by molar-refractivity contribution is 0.415. The van der Waals surface area contributed by atoms with Crippen LogP contribution in [0.1, 0.15) is 0 Å². The van der Waals surface area contributed by atoms with Gasteiger partial charge < -0.3 is 15.8 Å². The summed E-state index contributed by atoms with van der Waals surface area (Å²) in [6.45, 7) is 0. The van der Waals surface area contributed by atoms with Gasteiger partial charge in [0.25, 0.3) is 0 Å². The first-order valence-corrected chi connectivity index (χ1v) is 6.79. The number of nitrogen functional groups attached to an aromatic ring is 1. The molecule has 0 radical (unpaired) electrons. The average molecular weight is 260 g/mol. The van der Waals surface area contributed by atoms with E-state index in [0.29, 0.717) is 5.69 Å². The van der Waals surface area contributed by atoms with E-state index in [1.54, 1.807) is 24.9 Å². The van der Waals surface area contributed by atoms with Crippen LogP contribution in [0.5, 0.6) is 5.75 Å². The number of benzene rings is 2. The number of hydrogen-bond donors (Lipinski definition) is 2. The standard InChI is InChI=1S/C14H16N2OS/c1-17-13-7-10(15)6-12(8-13)16-11-4-3-5-14(9-11)18-2/h3-9,16H,15H2,1-2H3. The summed E-state index contributed by atoms with van der Waals surface area (Å²) in [5.74, 6) is 0.749. The second kappa shape index (κ2) is 5.69. The van der Waals surface area contributed by atoms with Crippen LogP contribution in [0.4, 0.5) is 17.1 Å². The highest BCUT2D eigenvalue weighted by molar-refractivity contribution is 7.98. The van der Waals surface area contributed by atoms with E-state index in [4.69, 9.17) is 10.5 Å². The highest BCUT2D eigenvalue weighted by Gasteiger charge is 2.00. The smallest absolute Gasteiger partial charge is 0.122 e. The largest absolute Gasteiger partial charge is 0.497 e. The van der Waals surface area contributed by atoms with Gasteiger partial charge in [-0.3, -0.25) is 0 Å². The quantitative estimate of drug-likeness (QED) is 0.649. The van der Waals surface area contributed by atoms with Crippen LogP contribution in [0.2, 0.25) is 0 Å². The van der Waals surface area contributed by atoms with E-state index in [-0.39, 0.29) is 0 Å². The van der Waals surface area contributed by atoms with Crippen molar-refractivity contribution in [1.29, 1.82) is 0 Å². The molecule has 94 valence electrons. The lowest BCUT2D eigenvalue weighted by atomic mass is 10.2. The van der Waals surface area contributed by atoms with Crippen LogP contribution in [-0.2, 0) is 0 Å². The van der Waals surface area contributed by atoms with Gasteiger partial charge in [-0.1, -0.05) is 6.07 Å². The minimum atomic E-state index is 0.679. The zero-order chi connectivity index (χ0) is 13.0. The van der Waals surface area contributed by atoms with Gasteiger partial charge >= 0.3 is 0 Å². The van der Waals surface area contributed by atoms with Crippen molar-refractivity contribution in [2.24, 2.45) is 0 Å². The number of methoxy groups -OCH3 is 1. The second-order valence-electron chi connectivity index (χ2n) is 3.85. The van der Waals surface area contributed by atoms with Gasteiger partial charge in [0.05, 0.1) is 7.11 Å². The fourth-order valence-electron chi connectivity index (χ4n) is 1.68. The van der Waals surface area contributed by atoms with Crippen LogP contribution >= 0.6 is 11.8 Å². The first kappa shape index (κ1) is 12.6. The molecule has 4 heteroatoms. The Bertz CT molecular complexity index is 543. The molecule has 0 saturated heterocycles. The van der Waals surface area contributed by atoms with Crippen molar-refractivity contribution in [2.45, 2.75) is 4.90 Å². The molecular weight excluding hydrogens is 244 g/mol. The van der Waals surface area contributed by atoms with Gasteiger partial charge in [-0.2, -0.15) is 0 Å². The first-order chi connectivity index (χ1) is 8.71. The van der Waals surface area contributed by atoms with Gasteiger partial charge in [0, 0.05) is 34.1 Å². The molecule has 0 aromatic heterocycles. The Morgan fingerprint density at radius 3 is 2.67 bits per heavy atom. The third-order valence-corrected chi connectivity index (χ3v) is 3.25. The highest BCUT2D eigenvalue weighted by atomic mass is 32.2. The lowest BCUT2D eigenvalue weighted by Gasteiger charge is -2.10. The molecule has 2 aromatic carbocycles. The maximum atomic E-state index is 5.82. The summed E-state index contributed by atoms with van der Waals surface area (Å²) < 4.78 is 5.19. The maximum absolute atomic E-state index is 5.82. The topological polar surface area (TPSA) is 47.3 Å². The van der Waals surface area contributed by atoms with Gasteiger partial charge in [-0.15, -0.1) is 11.8 Å². The summed E-state index contributed by atoms with van der Waals surface area (Å²) in [5, 5.41) is 3.32. The predicted octanol–water partition coefficient (Wildman–Crippen LogP) is 3.74. The van der Waals surface area contributed by atoms with Gasteiger partial charge in [0.2, 0.25) is 0 Å². The molecule has 18 heavy (non-hydrogen) atoms. The molecule has 0 heterocycles. The van der Waals surface area contributed by atoms with Gasteiger partial charge in [0.15, 0.2) is 0 Å². The summed E-state index contributed by atoms with van der Waals surface area (Å²) >= 11 is 1.71. The number of rotatable bonds is 4. The Morgan fingerprint density at radius 1 is 1.11 bits per heavy atom. The highest BCUT2D eigenvalue weighted by Crippen LogP contribution is 2.26. The normalized spacial score (nSPS) is 10.1. The zero-order valence-electron chi connectivity index (χ0n) is 10.4. The van der Waals surface area contributed by atoms with Crippen LogP contribution in [0.15, 0.2) is 47.4 Å². The van der Waals surface area contributed by atoms with E-state index in [1.807, 2.05) is 24.3 Å². The predicted molar refractivity (Wildman–Crippen MR) is 78.9 cm³/mol. The Labute approximate surface area is 111 Å². The minimum Gasteiger partial charge on any atom is -0.497 e. The van der Waals surface area contributed by atoms with Gasteiger partial charge in [-0.05, 0) is 30.5 Å². The van der Waals surface area contributed by atoms with Crippen molar-refractivity contribution in [3.8, 4) is 5.75 Å². The van der Waals surface area contributed by atoms with E-state index in [1.165, 1.54) is 4.90 Å². The number of hydrogen-bond acceptors (Lipinski definition) is 4. The average Bonchev–Trinajstić information content (AvgIpc) is 2.38. The van der Waals surface area contributed by atoms with E-state index >= 15 is 0 Å². The molecule has 0 fully saturated rings. The molecule has 0 saturated carbocycles. The number of nitrogens with one attached hydrogen (secondary N) is 1. The third-order valence-electron chi connectivity index (χ3n) is 2.52. The van der Waals surface area contributed by atoms with Crippen molar-refractivity contribution in [1.82, 2.24) is 0 Å². The number of nitrogens with two attached hydrogens (primary N) is 1. The Morgan fingerprint density at radius 2 is 1.94 bits per heavy atom. The summed E-state index contributed by atoms with van der Waals surface area (Å²) in [6.07, 6.45) is 2.06. The van der Waals surface area contributed by atoms with Crippen molar-refractivity contribution >= 4 is 28.8 Å². The lowest BCUT2D eigenvalue weighted by Crippen LogP contribution is -1.94. The summed E-state index contributed by atoms with van der Waals surface area (Å²) in [4.78, 5) is 1.22.